The largest absolute Gasteiger partial charge is 0.495 e. The summed E-state index contributed by atoms with van der Waals surface area (Å²) in [5.74, 6) is 0.676. The number of carbonyl (C=O) groups is 1. The molecule has 3 rings (SSSR count). The highest BCUT2D eigenvalue weighted by molar-refractivity contribution is 5.93. The van der Waals surface area contributed by atoms with Gasteiger partial charge in [0.25, 0.3) is 0 Å². The first-order valence-corrected chi connectivity index (χ1v) is 7.71. The predicted molar refractivity (Wildman–Crippen MR) is 88.5 cm³/mol. The molecule has 0 saturated heterocycles. The molecule has 0 saturated carbocycles. The van der Waals surface area contributed by atoms with E-state index in [1.165, 1.54) is 24.0 Å². The molecule has 22 heavy (non-hydrogen) atoms. The molecule has 1 N–H and O–H groups in total. The van der Waals surface area contributed by atoms with Crippen LogP contribution in [-0.2, 0) is 24.1 Å². The molecule has 0 spiro atoms. The fraction of sp³-hybridized carbons (Fsp3) is 0.316. The van der Waals surface area contributed by atoms with E-state index >= 15 is 0 Å². The number of ether oxygens (including phenoxy) is 1. The molecule has 1 amide bonds. The van der Waals surface area contributed by atoms with E-state index in [4.69, 9.17) is 4.74 Å². The standard InChI is InChI=1S/C19H21NO2/c1-13-6-9-18(22-2)17(10-13)20-19(21)12-14-7-8-15-4-3-5-16(15)11-14/h6-11H,3-5,12H2,1-2H3,(H,20,21). The van der Waals surface area contributed by atoms with Crippen LogP contribution in [0.25, 0.3) is 0 Å². The third-order valence-corrected chi connectivity index (χ3v) is 4.16. The summed E-state index contributed by atoms with van der Waals surface area (Å²) in [4.78, 5) is 12.3. The van der Waals surface area contributed by atoms with Crippen LogP contribution in [0.2, 0.25) is 0 Å². The van der Waals surface area contributed by atoms with Gasteiger partial charge in [0.15, 0.2) is 0 Å². The van der Waals surface area contributed by atoms with Crippen LogP contribution >= 0.6 is 0 Å². The van der Waals surface area contributed by atoms with Gasteiger partial charge in [0, 0.05) is 0 Å². The SMILES string of the molecule is COc1ccc(C)cc1NC(=O)Cc1ccc2c(c1)CCC2. The first kappa shape index (κ1) is 14.6. The molecular formula is C19H21NO2. The molecule has 1 aliphatic rings. The molecule has 0 radical (unpaired) electrons. The van der Waals surface area contributed by atoms with E-state index in [2.05, 4.69) is 23.5 Å². The van der Waals surface area contributed by atoms with E-state index < -0.39 is 0 Å². The van der Waals surface area contributed by atoms with Crippen LogP contribution in [0.5, 0.6) is 5.75 Å². The van der Waals surface area contributed by atoms with Gasteiger partial charge in [0.1, 0.15) is 5.75 Å². The summed E-state index contributed by atoms with van der Waals surface area (Å²) in [5, 5.41) is 2.95. The van der Waals surface area contributed by atoms with Crippen LogP contribution in [0.3, 0.4) is 0 Å². The summed E-state index contributed by atoms with van der Waals surface area (Å²) in [5.41, 5.74) is 5.73. The molecule has 2 aromatic rings. The van der Waals surface area contributed by atoms with Crippen LogP contribution in [-0.4, -0.2) is 13.0 Å². The summed E-state index contributed by atoms with van der Waals surface area (Å²) in [7, 11) is 1.61. The zero-order valence-electron chi connectivity index (χ0n) is 13.1. The van der Waals surface area contributed by atoms with Gasteiger partial charge in [-0.05, 0) is 60.6 Å². The number of amides is 1. The number of rotatable bonds is 4. The number of nitrogens with one attached hydrogen (secondary N) is 1. The van der Waals surface area contributed by atoms with Gasteiger partial charge in [0.05, 0.1) is 19.2 Å². The Labute approximate surface area is 131 Å². The highest BCUT2D eigenvalue weighted by atomic mass is 16.5. The number of anilines is 1. The maximum atomic E-state index is 12.3. The Bertz CT molecular complexity index is 707. The third kappa shape index (κ3) is 3.14. The highest BCUT2D eigenvalue weighted by Crippen LogP contribution is 2.26. The molecule has 3 heteroatoms. The lowest BCUT2D eigenvalue weighted by molar-refractivity contribution is -0.115. The Hall–Kier alpha value is -2.29. The van der Waals surface area contributed by atoms with Crippen LogP contribution < -0.4 is 10.1 Å². The quantitative estimate of drug-likeness (QED) is 0.934. The second-order valence-corrected chi connectivity index (χ2v) is 5.89. The molecule has 0 heterocycles. The van der Waals surface area contributed by atoms with Crippen LogP contribution in [0, 0.1) is 6.92 Å². The fourth-order valence-electron chi connectivity index (χ4n) is 3.03. The maximum absolute atomic E-state index is 12.3. The molecule has 3 nitrogen and oxygen atoms in total. The second-order valence-electron chi connectivity index (χ2n) is 5.89. The molecule has 114 valence electrons. The van der Waals surface area contributed by atoms with E-state index in [0.717, 1.165) is 23.2 Å². The summed E-state index contributed by atoms with van der Waals surface area (Å²) in [6.45, 7) is 2.00. The van der Waals surface area contributed by atoms with Crippen molar-refractivity contribution in [3.05, 3.63) is 58.7 Å². The molecule has 0 atom stereocenters. The molecular weight excluding hydrogens is 274 g/mol. The van der Waals surface area contributed by atoms with Gasteiger partial charge in [0.2, 0.25) is 5.91 Å². The summed E-state index contributed by atoms with van der Waals surface area (Å²) in [6.07, 6.45) is 3.93. The predicted octanol–water partition coefficient (Wildman–Crippen LogP) is 3.67. The van der Waals surface area contributed by atoms with Crippen molar-refractivity contribution < 1.29 is 9.53 Å². The van der Waals surface area contributed by atoms with Gasteiger partial charge in [-0.2, -0.15) is 0 Å². The Morgan fingerprint density at radius 3 is 2.77 bits per heavy atom. The number of methoxy groups -OCH3 is 1. The van der Waals surface area contributed by atoms with E-state index in [-0.39, 0.29) is 5.91 Å². The number of aryl methyl sites for hydroxylation is 3. The normalized spacial score (nSPS) is 12.8. The lowest BCUT2D eigenvalue weighted by atomic mass is 10.0. The van der Waals surface area contributed by atoms with Crippen molar-refractivity contribution in [2.75, 3.05) is 12.4 Å². The van der Waals surface area contributed by atoms with E-state index in [0.29, 0.717) is 12.2 Å². The molecule has 0 aliphatic heterocycles. The minimum absolute atomic E-state index is 0.0122. The van der Waals surface area contributed by atoms with Gasteiger partial charge >= 0.3 is 0 Å². The van der Waals surface area contributed by atoms with Gasteiger partial charge in [-0.1, -0.05) is 24.3 Å². The lowest BCUT2D eigenvalue weighted by Gasteiger charge is -2.11. The van der Waals surface area contributed by atoms with Gasteiger partial charge in [-0.15, -0.1) is 0 Å². The first-order chi connectivity index (χ1) is 10.7. The van der Waals surface area contributed by atoms with E-state index in [1.54, 1.807) is 7.11 Å². The molecule has 0 aromatic heterocycles. The Kier molecular flexibility index (Phi) is 4.14. The second kappa shape index (κ2) is 6.22. The van der Waals surface area contributed by atoms with Crippen molar-refractivity contribution in [3.63, 3.8) is 0 Å². The van der Waals surface area contributed by atoms with Crippen molar-refractivity contribution >= 4 is 11.6 Å². The molecule has 0 bridgehead atoms. The van der Waals surface area contributed by atoms with E-state index in [1.807, 2.05) is 25.1 Å². The molecule has 0 unspecified atom stereocenters. The van der Waals surface area contributed by atoms with Crippen molar-refractivity contribution in [2.45, 2.75) is 32.6 Å². The number of hydrogen-bond acceptors (Lipinski definition) is 2. The van der Waals surface area contributed by atoms with Crippen LogP contribution in [0.4, 0.5) is 5.69 Å². The summed E-state index contributed by atoms with van der Waals surface area (Å²) in [6, 6.07) is 12.2. The number of carbonyl (C=O) groups excluding carboxylic acids is 1. The maximum Gasteiger partial charge on any atom is 0.228 e. The zero-order valence-corrected chi connectivity index (χ0v) is 13.1. The fourth-order valence-corrected chi connectivity index (χ4v) is 3.03. The average Bonchev–Trinajstić information content (AvgIpc) is 2.95. The highest BCUT2D eigenvalue weighted by Gasteiger charge is 2.13. The monoisotopic (exact) mass is 295 g/mol. The van der Waals surface area contributed by atoms with Gasteiger partial charge < -0.3 is 10.1 Å². The Morgan fingerprint density at radius 1 is 1.14 bits per heavy atom. The van der Waals surface area contributed by atoms with Crippen molar-refractivity contribution in [1.82, 2.24) is 0 Å². The summed E-state index contributed by atoms with van der Waals surface area (Å²) >= 11 is 0. The van der Waals surface area contributed by atoms with Crippen molar-refractivity contribution in [1.29, 1.82) is 0 Å². The lowest BCUT2D eigenvalue weighted by Crippen LogP contribution is -2.15. The topological polar surface area (TPSA) is 38.3 Å². The van der Waals surface area contributed by atoms with Crippen molar-refractivity contribution in [3.8, 4) is 5.75 Å². The van der Waals surface area contributed by atoms with Crippen LogP contribution in [0.1, 0.15) is 28.7 Å². The van der Waals surface area contributed by atoms with Gasteiger partial charge in [-0.25, -0.2) is 0 Å². The number of fused-ring (bicyclic) bond motifs is 1. The third-order valence-electron chi connectivity index (χ3n) is 4.16. The van der Waals surface area contributed by atoms with E-state index in [9.17, 15) is 4.79 Å². The molecule has 2 aromatic carbocycles. The summed E-state index contributed by atoms with van der Waals surface area (Å²) < 4.78 is 5.30. The molecule has 0 fully saturated rings. The Morgan fingerprint density at radius 2 is 1.95 bits per heavy atom. The average molecular weight is 295 g/mol. The van der Waals surface area contributed by atoms with Crippen molar-refractivity contribution in [2.24, 2.45) is 0 Å². The van der Waals surface area contributed by atoms with Gasteiger partial charge in [-0.3, -0.25) is 4.79 Å². The number of benzene rings is 2. The minimum atomic E-state index is -0.0122. The minimum Gasteiger partial charge on any atom is -0.495 e. The smallest absolute Gasteiger partial charge is 0.228 e. The zero-order chi connectivity index (χ0) is 15.5. The van der Waals surface area contributed by atoms with Crippen LogP contribution in [0.15, 0.2) is 36.4 Å². The molecule has 1 aliphatic carbocycles. The Balaban J connectivity index is 1.71. The number of hydrogen-bond donors (Lipinski definition) is 1. The first-order valence-electron chi connectivity index (χ1n) is 7.71.